The van der Waals surface area contributed by atoms with Crippen LogP contribution in [0.25, 0.3) is 11.4 Å². The van der Waals surface area contributed by atoms with E-state index in [1.165, 1.54) is 11.5 Å². The Kier molecular flexibility index (Phi) is 3.24. The summed E-state index contributed by atoms with van der Waals surface area (Å²) in [5, 5.41) is 0.982. The molecular formula is C14H17N3OS. The summed E-state index contributed by atoms with van der Waals surface area (Å²) < 4.78 is 10.2. The number of morpholine rings is 1. The second-order valence-corrected chi connectivity index (χ2v) is 6.03. The van der Waals surface area contributed by atoms with Crippen molar-refractivity contribution >= 4 is 16.7 Å². The molecule has 1 aliphatic rings. The van der Waals surface area contributed by atoms with Gasteiger partial charge in [0.2, 0.25) is 5.13 Å². The first-order valence-corrected chi connectivity index (χ1v) is 7.19. The predicted octanol–water partition coefficient (Wildman–Crippen LogP) is 2.82. The molecule has 0 radical (unpaired) electrons. The molecule has 2 aromatic rings. The molecule has 5 heteroatoms. The van der Waals surface area contributed by atoms with E-state index in [4.69, 9.17) is 4.74 Å². The molecular weight excluding hydrogens is 258 g/mol. The van der Waals surface area contributed by atoms with Gasteiger partial charge in [0.25, 0.3) is 0 Å². The molecule has 0 bridgehead atoms. The maximum Gasteiger partial charge on any atom is 0.205 e. The molecule has 2 heterocycles. The highest BCUT2D eigenvalue weighted by molar-refractivity contribution is 7.09. The highest BCUT2D eigenvalue weighted by Gasteiger charge is 2.29. The van der Waals surface area contributed by atoms with Crippen molar-refractivity contribution < 1.29 is 4.74 Å². The van der Waals surface area contributed by atoms with E-state index in [-0.39, 0.29) is 5.60 Å². The standard InChI is InChI=1S/C14H17N3OS/c1-14(2)10-17(8-9-18-14)13-15-12(16-19-13)11-6-4-3-5-7-11/h3-7H,8-10H2,1-2H3. The zero-order valence-electron chi connectivity index (χ0n) is 11.2. The molecule has 1 aliphatic heterocycles. The number of benzene rings is 1. The molecule has 0 spiro atoms. The Hall–Kier alpha value is -1.46. The van der Waals surface area contributed by atoms with Crippen LogP contribution in [0.4, 0.5) is 5.13 Å². The quantitative estimate of drug-likeness (QED) is 0.844. The van der Waals surface area contributed by atoms with E-state index in [2.05, 4.69) is 28.1 Å². The van der Waals surface area contributed by atoms with Gasteiger partial charge in [-0.1, -0.05) is 30.3 Å². The third kappa shape index (κ3) is 2.77. The van der Waals surface area contributed by atoms with Crippen LogP contribution >= 0.6 is 11.5 Å². The summed E-state index contributed by atoms with van der Waals surface area (Å²) >= 11 is 1.46. The summed E-state index contributed by atoms with van der Waals surface area (Å²) in [5.41, 5.74) is 0.953. The van der Waals surface area contributed by atoms with E-state index in [1.807, 2.05) is 30.3 Å². The minimum atomic E-state index is -0.114. The monoisotopic (exact) mass is 275 g/mol. The highest BCUT2D eigenvalue weighted by Crippen LogP contribution is 2.27. The summed E-state index contributed by atoms with van der Waals surface area (Å²) in [7, 11) is 0. The average molecular weight is 275 g/mol. The van der Waals surface area contributed by atoms with Crippen molar-refractivity contribution in [1.82, 2.24) is 9.36 Å². The third-order valence-electron chi connectivity index (χ3n) is 3.14. The highest BCUT2D eigenvalue weighted by atomic mass is 32.1. The molecule has 0 aliphatic carbocycles. The number of anilines is 1. The lowest BCUT2D eigenvalue weighted by Gasteiger charge is -2.37. The van der Waals surface area contributed by atoms with Crippen LogP contribution in [0.3, 0.4) is 0 Å². The average Bonchev–Trinajstić information content (AvgIpc) is 2.88. The van der Waals surface area contributed by atoms with Gasteiger partial charge >= 0.3 is 0 Å². The molecule has 0 N–H and O–H groups in total. The Balaban J connectivity index is 1.82. The van der Waals surface area contributed by atoms with Gasteiger partial charge in [-0.2, -0.15) is 9.36 Å². The molecule has 19 heavy (non-hydrogen) atoms. The van der Waals surface area contributed by atoms with Crippen LogP contribution in [-0.2, 0) is 4.74 Å². The Morgan fingerprint density at radius 2 is 2.05 bits per heavy atom. The first-order chi connectivity index (χ1) is 9.14. The van der Waals surface area contributed by atoms with Crippen LogP contribution in [0.1, 0.15) is 13.8 Å². The Labute approximate surface area is 117 Å². The number of nitrogens with zero attached hydrogens (tertiary/aromatic N) is 3. The minimum Gasteiger partial charge on any atom is -0.372 e. The third-order valence-corrected chi connectivity index (χ3v) is 3.92. The van der Waals surface area contributed by atoms with E-state index < -0.39 is 0 Å². The molecule has 100 valence electrons. The van der Waals surface area contributed by atoms with Crippen molar-refractivity contribution in [1.29, 1.82) is 0 Å². The lowest BCUT2D eigenvalue weighted by molar-refractivity contribution is -0.0276. The number of rotatable bonds is 2. The fourth-order valence-corrected chi connectivity index (χ4v) is 2.94. The summed E-state index contributed by atoms with van der Waals surface area (Å²) in [5.74, 6) is 0.810. The number of hydrogen-bond donors (Lipinski definition) is 0. The van der Waals surface area contributed by atoms with E-state index in [9.17, 15) is 0 Å². The molecule has 0 atom stereocenters. The van der Waals surface area contributed by atoms with E-state index in [0.717, 1.165) is 36.2 Å². The first-order valence-electron chi connectivity index (χ1n) is 6.42. The molecule has 1 aromatic heterocycles. The Morgan fingerprint density at radius 3 is 2.79 bits per heavy atom. The SMILES string of the molecule is CC1(C)CN(c2nc(-c3ccccc3)ns2)CCO1. The van der Waals surface area contributed by atoms with Gasteiger partial charge in [0.05, 0.1) is 12.2 Å². The predicted molar refractivity (Wildman–Crippen MR) is 77.6 cm³/mol. The topological polar surface area (TPSA) is 38.2 Å². The summed E-state index contributed by atoms with van der Waals surface area (Å²) in [4.78, 5) is 6.91. The van der Waals surface area contributed by atoms with Crippen molar-refractivity contribution in [3.63, 3.8) is 0 Å². The van der Waals surface area contributed by atoms with Gasteiger partial charge in [-0.05, 0) is 13.8 Å². The van der Waals surface area contributed by atoms with Gasteiger partial charge in [0.1, 0.15) is 0 Å². The lowest BCUT2D eigenvalue weighted by Crippen LogP contribution is -2.48. The molecule has 1 saturated heterocycles. The van der Waals surface area contributed by atoms with Gasteiger partial charge in [0, 0.05) is 30.2 Å². The van der Waals surface area contributed by atoms with Crippen molar-refractivity contribution in [2.24, 2.45) is 0 Å². The van der Waals surface area contributed by atoms with Gasteiger partial charge in [-0.25, -0.2) is 0 Å². The number of ether oxygens (including phenoxy) is 1. The van der Waals surface area contributed by atoms with Gasteiger partial charge in [-0.3, -0.25) is 0 Å². The second kappa shape index (κ2) is 4.90. The molecule has 0 amide bonds. The Morgan fingerprint density at radius 1 is 1.26 bits per heavy atom. The molecule has 4 nitrogen and oxygen atoms in total. The van der Waals surface area contributed by atoms with Crippen molar-refractivity contribution in [2.45, 2.75) is 19.4 Å². The molecule has 1 fully saturated rings. The van der Waals surface area contributed by atoms with Crippen molar-refractivity contribution in [3.8, 4) is 11.4 Å². The summed E-state index contributed by atoms with van der Waals surface area (Å²) in [6.07, 6.45) is 0. The first kappa shape index (κ1) is 12.6. The molecule has 0 unspecified atom stereocenters. The Bertz CT molecular complexity index is 553. The van der Waals surface area contributed by atoms with Crippen LogP contribution in [-0.4, -0.2) is 34.7 Å². The number of aromatic nitrogens is 2. The minimum absolute atomic E-state index is 0.114. The van der Waals surface area contributed by atoms with Crippen LogP contribution in [0.2, 0.25) is 0 Å². The number of hydrogen-bond acceptors (Lipinski definition) is 5. The molecule has 0 saturated carbocycles. The summed E-state index contributed by atoms with van der Waals surface area (Å²) in [6, 6.07) is 10.1. The van der Waals surface area contributed by atoms with Crippen molar-refractivity contribution in [3.05, 3.63) is 30.3 Å². The zero-order chi connectivity index (χ0) is 13.3. The maximum atomic E-state index is 5.72. The zero-order valence-corrected chi connectivity index (χ0v) is 12.0. The van der Waals surface area contributed by atoms with Crippen LogP contribution in [0, 0.1) is 0 Å². The van der Waals surface area contributed by atoms with E-state index in [0.29, 0.717) is 0 Å². The lowest BCUT2D eigenvalue weighted by atomic mass is 10.1. The van der Waals surface area contributed by atoms with Crippen LogP contribution in [0.15, 0.2) is 30.3 Å². The van der Waals surface area contributed by atoms with Crippen LogP contribution in [0.5, 0.6) is 0 Å². The van der Waals surface area contributed by atoms with E-state index >= 15 is 0 Å². The van der Waals surface area contributed by atoms with Gasteiger partial charge in [-0.15, -0.1) is 0 Å². The molecule has 1 aromatic carbocycles. The van der Waals surface area contributed by atoms with Crippen LogP contribution < -0.4 is 4.90 Å². The van der Waals surface area contributed by atoms with Gasteiger partial charge < -0.3 is 9.64 Å². The van der Waals surface area contributed by atoms with E-state index in [1.54, 1.807) is 0 Å². The normalized spacial score (nSPS) is 18.5. The maximum absolute atomic E-state index is 5.72. The fraction of sp³-hybridized carbons (Fsp3) is 0.429. The van der Waals surface area contributed by atoms with Gasteiger partial charge in [0.15, 0.2) is 5.82 Å². The molecule has 3 rings (SSSR count). The fourth-order valence-electron chi connectivity index (χ4n) is 2.23. The van der Waals surface area contributed by atoms with Crippen molar-refractivity contribution in [2.75, 3.05) is 24.6 Å². The summed E-state index contributed by atoms with van der Waals surface area (Å²) in [6.45, 7) is 6.70. The second-order valence-electron chi connectivity index (χ2n) is 5.30. The smallest absolute Gasteiger partial charge is 0.205 e. The largest absolute Gasteiger partial charge is 0.372 e.